The van der Waals surface area contributed by atoms with Crippen LogP contribution in [0.3, 0.4) is 0 Å². The van der Waals surface area contributed by atoms with Gasteiger partial charge in [0.15, 0.2) is 11.5 Å². The molecule has 0 radical (unpaired) electrons. The fraction of sp³-hybridized carbons (Fsp3) is 0.333. The number of rotatable bonds is 3. The van der Waals surface area contributed by atoms with Gasteiger partial charge in [0.25, 0.3) is 0 Å². The molecule has 0 fully saturated rings. The van der Waals surface area contributed by atoms with Crippen LogP contribution in [0.15, 0.2) is 18.2 Å². The Balaban J connectivity index is 2.83. The summed E-state index contributed by atoms with van der Waals surface area (Å²) in [7, 11) is 3.28. The van der Waals surface area contributed by atoms with Crippen LogP contribution < -0.4 is 10.6 Å². The van der Waals surface area contributed by atoms with E-state index in [-0.39, 0.29) is 5.75 Å². The van der Waals surface area contributed by atoms with Crippen LogP contribution in [-0.2, 0) is 6.54 Å². The minimum Gasteiger partial charge on any atom is -0.504 e. The van der Waals surface area contributed by atoms with E-state index in [9.17, 15) is 5.11 Å². The van der Waals surface area contributed by atoms with Gasteiger partial charge in [0, 0.05) is 13.6 Å². The molecule has 0 amide bonds. The molecule has 0 saturated carbocycles. The van der Waals surface area contributed by atoms with E-state index in [1.807, 2.05) is 6.07 Å². The van der Waals surface area contributed by atoms with Crippen LogP contribution >= 0.6 is 0 Å². The smallest absolute Gasteiger partial charge is 0.160 e. The average Bonchev–Trinajstić information content (AvgIpc) is 2.03. The Morgan fingerprint density at radius 1 is 1.54 bits per heavy atom. The first-order valence-electron chi connectivity index (χ1n) is 3.95. The van der Waals surface area contributed by atoms with Gasteiger partial charge in [0.2, 0.25) is 0 Å². The van der Waals surface area contributed by atoms with Crippen molar-refractivity contribution >= 4 is 0 Å². The van der Waals surface area contributed by atoms with Crippen LogP contribution in [0, 0.1) is 0 Å². The molecule has 4 heteroatoms. The van der Waals surface area contributed by atoms with Gasteiger partial charge in [-0.1, -0.05) is 6.07 Å². The number of nitrogens with two attached hydrogens (primary N) is 1. The Hall–Kier alpha value is -1.26. The summed E-state index contributed by atoms with van der Waals surface area (Å²) in [5, 5.41) is 11.0. The highest BCUT2D eigenvalue weighted by atomic mass is 16.5. The Morgan fingerprint density at radius 2 is 2.23 bits per heavy atom. The van der Waals surface area contributed by atoms with Crippen LogP contribution in [0.1, 0.15) is 5.56 Å². The van der Waals surface area contributed by atoms with Gasteiger partial charge in [-0.2, -0.15) is 0 Å². The van der Waals surface area contributed by atoms with Crippen LogP contribution in [0.25, 0.3) is 0 Å². The van der Waals surface area contributed by atoms with Gasteiger partial charge in [-0.15, -0.1) is 0 Å². The van der Waals surface area contributed by atoms with Gasteiger partial charge in [-0.05, 0) is 17.7 Å². The molecule has 4 nitrogen and oxygen atoms in total. The first-order chi connectivity index (χ1) is 6.13. The van der Waals surface area contributed by atoms with E-state index in [2.05, 4.69) is 0 Å². The van der Waals surface area contributed by atoms with Crippen molar-refractivity contribution in [2.75, 3.05) is 14.2 Å². The van der Waals surface area contributed by atoms with E-state index in [0.717, 1.165) is 5.56 Å². The van der Waals surface area contributed by atoms with E-state index in [1.165, 1.54) is 7.11 Å². The highest BCUT2D eigenvalue weighted by Crippen LogP contribution is 2.26. The summed E-state index contributed by atoms with van der Waals surface area (Å²) in [4.78, 5) is 0. The van der Waals surface area contributed by atoms with Crippen LogP contribution in [0.2, 0.25) is 0 Å². The van der Waals surface area contributed by atoms with Gasteiger partial charge in [-0.3, -0.25) is 5.84 Å². The second-order valence-electron chi connectivity index (χ2n) is 2.92. The lowest BCUT2D eigenvalue weighted by molar-refractivity contribution is 0.338. The predicted molar refractivity (Wildman–Crippen MR) is 50.3 cm³/mol. The molecule has 1 aromatic rings. The Labute approximate surface area is 77.5 Å². The summed E-state index contributed by atoms with van der Waals surface area (Å²) in [5.41, 5.74) is 0.948. The van der Waals surface area contributed by atoms with Crippen LogP contribution in [-0.4, -0.2) is 24.3 Å². The van der Waals surface area contributed by atoms with Gasteiger partial charge in [0.05, 0.1) is 7.11 Å². The van der Waals surface area contributed by atoms with E-state index >= 15 is 0 Å². The number of ether oxygens (including phenoxy) is 1. The summed E-state index contributed by atoms with van der Waals surface area (Å²) < 4.78 is 4.91. The molecule has 0 atom stereocenters. The minimum atomic E-state index is 0.141. The van der Waals surface area contributed by atoms with E-state index in [1.54, 1.807) is 24.2 Å². The van der Waals surface area contributed by atoms with E-state index in [0.29, 0.717) is 12.3 Å². The van der Waals surface area contributed by atoms with Crippen molar-refractivity contribution in [3.8, 4) is 11.5 Å². The Kier molecular flexibility index (Phi) is 3.11. The minimum absolute atomic E-state index is 0.141. The molecule has 13 heavy (non-hydrogen) atoms. The fourth-order valence-corrected chi connectivity index (χ4v) is 1.12. The molecule has 0 aliphatic carbocycles. The van der Waals surface area contributed by atoms with Gasteiger partial charge in [0.1, 0.15) is 0 Å². The van der Waals surface area contributed by atoms with Crippen molar-refractivity contribution in [3.05, 3.63) is 23.8 Å². The molecule has 0 unspecified atom stereocenters. The molecule has 0 bridgehead atoms. The predicted octanol–water partition coefficient (Wildman–Crippen LogP) is 0.706. The number of hydrazine groups is 1. The van der Waals surface area contributed by atoms with Crippen molar-refractivity contribution < 1.29 is 9.84 Å². The molecule has 0 spiro atoms. The summed E-state index contributed by atoms with van der Waals surface area (Å²) in [6, 6.07) is 5.22. The molecular weight excluding hydrogens is 168 g/mol. The van der Waals surface area contributed by atoms with E-state index in [4.69, 9.17) is 10.6 Å². The number of phenolic OH excluding ortho intramolecular Hbond substituents is 1. The monoisotopic (exact) mass is 182 g/mol. The zero-order valence-electron chi connectivity index (χ0n) is 7.82. The summed E-state index contributed by atoms with van der Waals surface area (Å²) in [6.07, 6.45) is 0. The zero-order valence-corrected chi connectivity index (χ0v) is 7.82. The summed E-state index contributed by atoms with van der Waals surface area (Å²) in [5.74, 6) is 6.08. The fourth-order valence-electron chi connectivity index (χ4n) is 1.12. The summed E-state index contributed by atoms with van der Waals surface area (Å²) in [6.45, 7) is 0.595. The molecular formula is C9H14N2O2. The first-order valence-corrected chi connectivity index (χ1v) is 3.95. The number of hydrogen-bond donors (Lipinski definition) is 2. The van der Waals surface area contributed by atoms with Gasteiger partial charge in [-0.25, -0.2) is 5.01 Å². The number of nitrogens with zero attached hydrogens (tertiary/aromatic N) is 1. The molecule has 1 aromatic carbocycles. The van der Waals surface area contributed by atoms with Crippen LogP contribution in [0.5, 0.6) is 11.5 Å². The Bertz CT molecular complexity index is 287. The normalized spacial score (nSPS) is 10.5. The molecule has 0 aliphatic heterocycles. The average molecular weight is 182 g/mol. The number of aromatic hydroxyl groups is 1. The van der Waals surface area contributed by atoms with Crippen molar-refractivity contribution in [2.45, 2.75) is 6.54 Å². The van der Waals surface area contributed by atoms with Crippen molar-refractivity contribution in [1.82, 2.24) is 5.01 Å². The molecule has 0 aliphatic rings. The lowest BCUT2D eigenvalue weighted by Gasteiger charge is -2.10. The third-order valence-electron chi connectivity index (χ3n) is 1.68. The molecule has 0 aromatic heterocycles. The van der Waals surface area contributed by atoms with Gasteiger partial charge < -0.3 is 9.84 Å². The highest BCUT2D eigenvalue weighted by molar-refractivity contribution is 5.41. The van der Waals surface area contributed by atoms with Crippen molar-refractivity contribution in [1.29, 1.82) is 0 Å². The first kappa shape index (κ1) is 9.83. The van der Waals surface area contributed by atoms with Gasteiger partial charge >= 0.3 is 0 Å². The van der Waals surface area contributed by atoms with Crippen molar-refractivity contribution in [3.63, 3.8) is 0 Å². The number of phenols is 1. The molecule has 0 saturated heterocycles. The maximum absolute atomic E-state index is 9.42. The number of methoxy groups -OCH3 is 1. The molecule has 3 N–H and O–H groups in total. The zero-order chi connectivity index (χ0) is 9.84. The quantitative estimate of drug-likeness (QED) is 0.534. The maximum atomic E-state index is 9.42. The topological polar surface area (TPSA) is 58.7 Å². The molecule has 1 rings (SSSR count). The largest absolute Gasteiger partial charge is 0.504 e. The number of benzene rings is 1. The summed E-state index contributed by atoms with van der Waals surface area (Å²) >= 11 is 0. The number of hydrogen-bond acceptors (Lipinski definition) is 4. The lowest BCUT2D eigenvalue weighted by atomic mass is 10.2. The molecule has 72 valence electrons. The SMILES string of the molecule is COc1ccc(CN(C)N)cc1O. The second-order valence-corrected chi connectivity index (χ2v) is 2.92. The Morgan fingerprint density at radius 3 is 2.69 bits per heavy atom. The maximum Gasteiger partial charge on any atom is 0.160 e. The van der Waals surface area contributed by atoms with E-state index < -0.39 is 0 Å². The third-order valence-corrected chi connectivity index (χ3v) is 1.68. The standard InChI is InChI=1S/C9H14N2O2/c1-11(10)6-7-3-4-9(13-2)8(12)5-7/h3-5,12H,6,10H2,1-2H3. The second kappa shape index (κ2) is 4.11. The molecule has 0 heterocycles. The highest BCUT2D eigenvalue weighted by Gasteiger charge is 2.02. The third kappa shape index (κ3) is 2.61. The van der Waals surface area contributed by atoms with Crippen molar-refractivity contribution in [2.24, 2.45) is 5.84 Å². The lowest BCUT2D eigenvalue weighted by Crippen LogP contribution is -2.24. The van der Waals surface area contributed by atoms with Crippen LogP contribution in [0.4, 0.5) is 0 Å².